The number of methoxy groups -OCH3 is 1. The number of hydrogen-bond donors (Lipinski definition) is 0. The third-order valence-electron chi connectivity index (χ3n) is 2.83. The molecule has 0 unspecified atom stereocenters. The quantitative estimate of drug-likeness (QED) is 0.731. The number of halogens is 1. The van der Waals surface area contributed by atoms with Crippen LogP contribution in [0.3, 0.4) is 0 Å². The number of carbonyl (C=O) groups excluding carboxylic acids is 1. The van der Waals surface area contributed by atoms with E-state index in [1.54, 1.807) is 30.5 Å². The average Bonchev–Trinajstić information content (AvgIpc) is 2.55. The van der Waals surface area contributed by atoms with E-state index in [9.17, 15) is 4.79 Å². The fraction of sp³-hybridized carbons (Fsp3) is 0.250. The highest BCUT2D eigenvalue weighted by Crippen LogP contribution is 2.36. The number of nitrogens with zero attached hydrogens (tertiary/aromatic N) is 1. The number of rotatable bonds is 6. The molecule has 0 amide bonds. The van der Waals surface area contributed by atoms with Crippen molar-refractivity contribution >= 4 is 21.9 Å². The van der Waals surface area contributed by atoms with Crippen molar-refractivity contribution in [3.8, 4) is 11.5 Å². The standard InChI is InChI=1S/C16H16BrNO4/c1-3-21-15-13(17)8-11(9-14(15)20-2)16(19)22-10-12-6-4-5-7-18-12/h4-9H,3,10H2,1-2H3. The molecule has 2 aromatic rings. The van der Waals surface area contributed by atoms with Gasteiger partial charge in [-0.25, -0.2) is 4.79 Å². The summed E-state index contributed by atoms with van der Waals surface area (Å²) in [4.78, 5) is 16.2. The van der Waals surface area contributed by atoms with Crippen molar-refractivity contribution in [2.75, 3.05) is 13.7 Å². The molecule has 0 atom stereocenters. The monoisotopic (exact) mass is 365 g/mol. The van der Waals surface area contributed by atoms with E-state index in [1.165, 1.54) is 7.11 Å². The maximum absolute atomic E-state index is 12.1. The van der Waals surface area contributed by atoms with Crippen LogP contribution in [0.4, 0.5) is 0 Å². The summed E-state index contributed by atoms with van der Waals surface area (Å²) in [7, 11) is 1.52. The topological polar surface area (TPSA) is 57.7 Å². The van der Waals surface area contributed by atoms with Gasteiger partial charge in [0.05, 0.1) is 29.4 Å². The Kier molecular flexibility index (Phi) is 5.77. The highest BCUT2D eigenvalue weighted by molar-refractivity contribution is 9.10. The Hall–Kier alpha value is -2.08. The Bertz CT molecular complexity index is 646. The molecule has 0 N–H and O–H groups in total. The van der Waals surface area contributed by atoms with Gasteiger partial charge in [0.2, 0.25) is 0 Å². The molecule has 0 aliphatic carbocycles. The normalized spacial score (nSPS) is 10.1. The Labute approximate surface area is 137 Å². The molecule has 116 valence electrons. The Balaban J connectivity index is 2.14. The molecule has 0 bridgehead atoms. The highest BCUT2D eigenvalue weighted by Gasteiger charge is 2.16. The second kappa shape index (κ2) is 7.79. The minimum Gasteiger partial charge on any atom is -0.493 e. The molecule has 0 spiro atoms. The van der Waals surface area contributed by atoms with Crippen LogP contribution in [-0.2, 0) is 11.3 Å². The second-order valence-electron chi connectivity index (χ2n) is 4.32. The van der Waals surface area contributed by atoms with Gasteiger partial charge in [-0.3, -0.25) is 4.98 Å². The number of benzene rings is 1. The van der Waals surface area contributed by atoms with Crippen LogP contribution in [0.1, 0.15) is 23.0 Å². The van der Waals surface area contributed by atoms with Gasteiger partial charge in [-0.1, -0.05) is 6.07 Å². The van der Waals surface area contributed by atoms with E-state index < -0.39 is 5.97 Å². The van der Waals surface area contributed by atoms with Crippen LogP contribution in [0.25, 0.3) is 0 Å². The van der Waals surface area contributed by atoms with Crippen LogP contribution in [-0.4, -0.2) is 24.7 Å². The molecule has 1 aromatic carbocycles. The third-order valence-corrected chi connectivity index (χ3v) is 3.42. The molecule has 0 radical (unpaired) electrons. The summed E-state index contributed by atoms with van der Waals surface area (Å²) in [6, 6.07) is 8.68. The van der Waals surface area contributed by atoms with Crippen molar-refractivity contribution in [2.45, 2.75) is 13.5 Å². The lowest BCUT2D eigenvalue weighted by Crippen LogP contribution is -2.07. The number of esters is 1. The van der Waals surface area contributed by atoms with E-state index in [-0.39, 0.29) is 6.61 Å². The number of hydrogen-bond acceptors (Lipinski definition) is 5. The van der Waals surface area contributed by atoms with E-state index in [4.69, 9.17) is 14.2 Å². The molecule has 0 saturated carbocycles. The van der Waals surface area contributed by atoms with Crippen LogP contribution in [0.15, 0.2) is 41.0 Å². The largest absolute Gasteiger partial charge is 0.493 e. The molecule has 0 saturated heterocycles. The van der Waals surface area contributed by atoms with Crippen LogP contribution in [0.2, 0.25) is 0 Å². The molecule has 0 fully saturated rings. The zero-order valence-corrected chi connectivity index (χ0v) is 13.9. The SMILES string of the molecule is CCOc1c(Br)cc(C(=O)OCc2ccccn2)cc1OC. The van der Waals surface area contributed by atoms with Crippen LogP contribution in [0, 0.1) is 0 Å². The molecule has 2 rings (SSSR count). The van der Waals surface area contributed by atoms with Crippen molar-refractivity contribution in [3.05, 3.63) is 52.3 Å². The van der Waals surface area contributed by atoms with Gasteiger partial charge in [0.15, 0.2) is 11.5 Å². The molecular formula is C16H16BrNO4. The van der Waals surface area contributed by atoms with E-state index in [0.29, 0.717) is 33.8 Å². The summed E-state index contributed by atoms with van der Waals surface area (Å²) in [5, 5.41) is 0. The summed E-state index contributed by atoms with van der Waals surface area (Å²) in [6.45, 7) is 2.49. The van der Waals surface area contributed by atoms with E-state index >= 15 is 0 Å². The summed E-state index contributed by atoms with van der Waals surface area (Å²) in [6.07, 6.45) is 1.65. The zero-order chi connectivity index (χ0) is 15.9. The van der Waals surface area contributed by atoms with Crippen LogP contribution < -0.4 is 9.47 Å². The summed E-state index contributed by atoms with van der Waals surface area (Å²) >= 11 is 3.38. The molecule has 6 heteroatoms. The Morgan fingerprint density at radius 3 is 2.77 bits per heavy atom. The third kappa shape index (κ3) is 3.98. The number of aromatic nitrogens is 1. The van der Waals surface area contributed by atoms with Crippen LogP contribution in [0.5, 0.6) is 11.5 Å². The lowest BCUT2D eigenvalue weighted by Gasteiger charge is -2.13. The first-order valence-electron chi connectivity index (χ1n) is 6.73. The summed E-state index contributed by atoms with van der Waals surface area (Å²) in [5.74, 6) is 0.583. The molecular weight excluding hydrogens is 350 g/mol. The van der Waals surface area contributed by atoms with Gasteiger partial charge in [0, 0.05) is 6.20 Å². The molecule has 1 aromatic heterocycles. The first kappa shape index (κ1) is 16.3. The predicted molar refractivity (Wildman–Crippen MR) is 85.2 cm³/mol. The van der Waals surface area contributed by atoms with Gasteiger partial charge in [0.25, 0.3) is 0 Å². The minimum absolute atomic E-state index is 0.118. The Morgan fingerprint density at radius 2 is 2.14 bits per heavy atom. The van der Waals surface area contributed by atoms with Gasteiger partial charge in [-0.05, 0) is 47.1 Å². The fourth-order valence-electron chi connectivity index (χ4n) is 1.83. The molecule has 0 aliphatic rings. The van der Waals surface area contributed by atoms with Crippen molar-refractivity contribution in [1.29, 1.82) is 0 Å². The summed E-state index contributed by atoms with van der Waals surface area (Å²) < 4.78 is 16.6. The van der Waals surface area contributed by atoms with Crippen molar-refractivity contribution in [2.24, 2.45) is 0 Å². The fourth-order valence-corrected chi connectivity index (χ4v) is 2.38. The Morgan fingerprint density at radius 1 is 1.32 bits per heavy atom. The van der Waals surface area contributed by atoms with Gasteiger partial charge in [0.1, 0.15) is 6.61 Å². The predicted octanol–water partition coefficient (Wildman–Crippen LogP) is 3.61. The van der Waals surface area contributed by atoms with Crippen molar-refractivity contribution < 1.29 is 19.0 Å². The number of ether oxygens (including phenoxy) is 3. The first-order chi connectivity index (χ1) is 10.7. The highest BCUT2D eigenvalue weighted by atomic mass is 79.9. The van der Waals surface area contributed by atoms with Gasteiger partial charge in [-0.15, -0.1) is 0 Å². The first-order valence-corrected chi connectivity index (χ1v) is 7.52. The maximum Gasteiger partial charge on any atom is 0.338 e. The average molecular weight is 366 g/mol. The van der Waals surface area contributed by atoms with Crippen LogP contribution >= 0.6 is 15.9 Å². The second-order valence-corrected chi connectivity index (χ2v) is 5.17. The van der Waals surface area contributed by atoms with Gasteiger partial charge in [-0.2, -0.15) is 0 Å². The molecule has 22 heavy (non-hydrogen) atoms. The maximum atomic E-state index is 12.1. The molecule has 1 heterocycles. The summed E-state index contributed by atoms with van der Waals surface area (Å²) in [5.41, 5.74) is 1.07. The van der Waals surface area contributed by atoms with Crippen molar-refractivity contribution in [1.82, 2.24) is 4.98 Å². The number of pyridine rings is 1. The van der Waals surface area contributed by atoms with Gasteiger partial charge >= 0.3 is 5.97 Å². The van der Waals surface area contributed by atoms with E-state index in [0.717, 1.165) is 0 Å². The smallest absolute Gasteiger partial charge is 0.338 e. The molecule has 0 aliphatic heterocycles. The minimum atomic E-state index is -0.451. The van der Waals surface area contributed by atoms with E-state index in [1.807, 2.05) is 13.0 Å². The van der Waals surface area contributed by atoms with E-state index in [2.05, 4.69) is 20.9 Å². The lowest BCUT2D eigenvalue weighted by molar-refractivity contribution is 0.0467. The zero-order valence-electron chi connectivity index (χ0n) is 12.3. The molecule has 5 nitrogen and oxygen atoms in total. The van der Waals surface area contributed by atoms with Gasteiger partial charge < -0.3 is 14.2 Å². The lowest BCUT2D eigenvalue weighted by atomic mass is 10.2. The van der Waals surface area contributed by atoms with Crippen molar-refractivity contribution in [3.63, 3.8) is 0 Å². The number of carbonyl (C=O) groups is 1.